The van der Waals surface area contributed by atoms with Gasteiger partial charge in [0.15, 0.2) is 0 Å². The number of para-hydroxylation sites is 1. The summed E-state index contributed by atoms with van der Waals surface area (Å²) in [6.45, 7) is -0.395. The first-order valence-corrected chi connectivity index (χ1v) is 5.61. The number of hydrogen-bond acceptors (Lipinski definition) is 4. The minimum Gasteiger partial charge on any atom is -0.405 e. The zero-order valence-electron chi connectivity index (χ0n) is 10.2. The first-order chi connectivity index (χ1) is 9.40. The van der Waals surface area contributed by atoms with Gasteiger partial charge in [-0.15, -0.1) is 13.2 Å². The lowest BCUT2D eigenvalue weighted by molar-refractivity contribution is -0.274. The van der Waals surface area contributed by atoms with Gasteiger partial charge in [0.25, 0.3) is 0 Å². The predicted molar refractivity (Wildman–Crippen MR) is 66.7 cm³/mol. The molecule has 2 rings (SSSR count). The molecule has 1 heterocycles. The van der Waals surface area contributed by atoms with Gasteiger partial charge in [0, 0.05) is 11.1 Å². The van der Waals surface area contributed by atoms with Gasteiger partial charge in [-0.1, -0.05) is 12.1 Å². The SMILES string of the molecule is Nc1cnc(-c2ccccc2OC(F)(F)F)c(CO)c1. The minimum atomic E-state index is -4.80. The fourth-order valence-electron chi connectivity index (χ4n) is 1.77. The molecule has 0 fully saturated rings. The van der Waals surface area contributed by atoms with Gasteiger partial charge >= 0.3 is 6.36 Å². The normalized spacial score (nSPS) is 11.4. The second-order valence-corrected chi connectivity index (χ2v) is 3.98. The van der Waals surface area contributed by atoms with Gasteiger partial charge in [-0.05, 0) is 18.2 Å². The third kappa shape index (κ3) is 3.18. The highest BCUT2D eigenvalue weighted by atomic mass is 19.4. The number of pyridine rings is 1. The summed E-state index contributed by atoms with van der Waals surface area (Å²) in [5.41, 5.74) is 6.50. The van der Waals surface area contributed by atoms with E-state index in [-0.39, 0.29) is 17.0 Å². The topological polar surface area (TPSA) is 68.4 Å². The Labute approximate surface area is 112 Å². The van der Waals surface area contributed by atoms with E-state index >= 15 is 0 Å². The van der Waals surface area contributed by atoms with Crippen molar-refractivity contribution in [2.75, 3.05) is 5.73 Å². The number of halogens is 3. The summed E-state index contributed by atoms with van der Waals surface area (Å²) >= 11 is 0. The quantitative estimate of drug-likeness (QED) is 0.909. The number of anilines is 1. The van der Waals surface area contributed by atoms with Gasteiger partial charge < -0.3 is 15.6 Å². The maximum absolute atomic E-state index is 12.4. The van der Waals surface area contributed by atoms with Gasteiger partial charge in [-0.25, -0.2) is 0 Å². The Morgan fingerprint density at radius 3 is 2.60 bits per heavy atom. The van der Waals surface area contributed by atoms with E-state index in [9.17, 15) is 18.3 Å². The van der Waals surface area contributed by atoms with E-state index < -0.39 is 13.0 Å². The van der Waals surface area contributed by atoms with Crippen molar-refractivity contribution in [2.24, 2.45) is 0 Å². The number of benzene rings is 1. The first-order valence-electron chi connectivity index (χ1n) is 5.61. The number of nitrogen functional groups attached to an aromatic ring is 1. The molecule has 0 radical (unpaired) electrons. The molecule has 0 bridgehead atoms. The van der Waals surface area contributed by atoms with Gasteiger partial charge in [0.05, 0.1) is 24.2 Å². The lowest BCUT2D eigenvalue weighted by Gasteiger charge is -2.14. The second kappa shape index (κ2) is 5.38. The summed E-state index contributed by atoms with van der Waals surface area (Å²) in [7, 11) is 0. The van der Waals surface area contributed by atoms with E-state index in [0.29, 0.717) is 11.3 Å². The number of aromatic nitrogens is 1. The highest BCUT2D eigenvalue weighted by molar-refractivity contribution is 5.71. The molecular formula is C13H11F3N2O2. The molecular weight excluding hydrogens is 273 g/mol. The summed E-state index contributed by atoms with van der Waals surface area (Å²) in [4.78, 5) is 3.98. The van der Waals surface area contributed by atoms with E-state index in [2.05, 4.69) is 9.72 Å². The number of hydrogen-bond donors (Lipinski definition) is 2. The molecule has 0 spiro atoms. The van der Waals surface area contributed by atoms with Gasteiger partial charge in [0.2, 0.25) is 0 Å². The highest BCUT2D eigenvalue weighted by Crippen LogP contribution is 2.34. The van der Waals surface area contributed by atoms with Crippen LogP contribution >= 0.6 is 0 Å². The average Bonchev–Trinajstić information content (AvgIpc) is 2.38. The van der Waals surface area contributed by atoms with E-state index in [1.165, 1.54) is 30.5 Å². The van der Waals surface area contributed by atoms with Crippen molar-refractivity contribution in [2.45, 2.75) is 13.0 Å². The summed E-state index contributed by atoms with van der Waals surface area (Å²) < 4.78 is 41.1. The summed E-state index contributed by atoms with van der Waals surface area (Å²) in [5.74, 6) is -0.382. The lowest BCUT2D eigenvalue weighted by atomic mass is 10.0. The van der Waals surface area contributed by atoms with Gasteiger partial charge in [-0.3, -0.25) is 4.98 Å². The van der Waals surface area contributed by atoms with Crippen LogP contribution in [-0.2, 0) is 6.61 Å². The van der Waals surface area contributed by atoms with Crippen molar-refractivity contribution in [3.8, 4) is 17.0 Å². The standard InChI is InChI=1S/C13H11F3N2O2/c14-13(15,16)20-11-4-2-1-3-10(11)12-8(7-19)5-9(17)6-18-12/h1-6,19H,7,17H2. The van der Waals surface area contributed by atoms with Crippen molar-refractivity contribution in [3.05, 3.63) is 42.1 Å². The Morgan fingerprint density at radius 2 is 1.95 bits per heavy atom. The molecule has 0 saturated carbocycles. The zero-order valence-corrected chi connectivity index (χ0v) is 10.2. The highest BCUT2D eigenvalue weighted by Gasteiger charge is 2.32. The van der Waals surface area contributed by atoms with Crippen LogP contribution in [0.4, 0.5) is 18.9 Å². The average molecular weight is 284 g/mol. The Bertz CT molecular complexity index is 615. The Morgan fingerprint density at radius 1 is 1.25 bits per heavy atom. The molecule has 2 aromatic rings. The molecule has 106 valence electrons. The predicted octanol–water partition coefficient (Wildman–Crippen LogP) is 2.72. The third-order valence-corrected chi connectivity index (χ3v) is 2.53. The second-order valence-electron chi connectivity index (χ2n) is 3.98. The number of ether oxygens (including phenoxy) is 1. The number of alkyl halides is 3. The van der Waals surface area contributed by atoms with Crippen molar-refractivity contribution in [1.29, 1.82) is 0 Å². The van der Waals surface area contributed by atoms with E-state index in [1.54, 1.807) is 6.07 Å². The zero-order chi connectivity index (χ0) is 14.8. The third-order valence-electron chi connectivity index (χ3n) is 2.53. The lowest BCUT2D eigenvalue weighted by Crippen LogP contribution is -2.17. The number of rotatable bonds is 3. The largest absolute Gasteiger partial charge is 0.573 e. The van der Waals surface area contributed by atoms with Crippen LogP contribution in [0.25, 0.3) is 11.3 Å². The van der Waals surface area contributed by atoms with Crippen LogP contribution in [0.5, 0.6) is 5.75 Å². The fraction of sp³-hybridized carbons (Fsp3) is 0.154. The van der Waals surface area contributed by atoms with Crippen molar-refractivity contribution < 1.29 is 23.0 Å². The smallest absolute Gasteiger partial charge is 0.405 e. The number of aliphatic hydroxyl groups is 1. The summed E-state index contributed by atoms with van der Waals surface area (Å²) in [6.07, 6.45) is -3.50. The Balaban J connectivity index is 2.53. The maximum Gasteiger partial charge on any atom is 0.573 e. The van der Waals surface area contributed by atoms with Crippen molar-refractivity contribution >= 4 is 5.69 Å². The first kappa shape index (κ1) is 14.1. The maximum atomic E-state index is 12.4. The van der Waals surface area contributed by atoms with Crippen LogP contribution in [0.2, 0.25) is 0 Å². The van der Waals surface area contributed by atoms with Crippen LogP contribution in [0.3, 0.4) is 0 Å². The molecule has 0 aliphatic rings. The molecule has 0 aliphatic carbocycles. The molecule has 0 aliphatic heterocycles. The van der Waals surface area contributed by atoms with Gasteiger partial charge in [0.1, 0.15) is 5.75 Å². The molecule has 1 aromatic heterocycles. The van der Waals surface area contributed by atoms with Crippen LogP contribution in [0.15, 0.2) is 36.5 Å². The van der Waals surface area contributed by atoms with E-state index in [1.807, 2.05) is 0 Å². The molecule has 0 atom stereocenters. The molecule has 0 saturated heterocycles. The molecule has 20 heavy (non-hydrogen) atoms. The monoisotopic (exact) mass is 284 g/mol. The van der Waals surface area contributed by atoms with Crippen LogP contribution in [0.1, 0.15) is 5.56 Å². The molecule has 1 aromatic carbocycles. The molecule has 0 amide bonds. The van der Waals surface area contributed by atoms with Crippen LogP contribution in [-0.4, -0.2) is 16.5 Å². The minimum absolute atomic E-state index is 0.133. The number of aliphatic hydroxyl groups excluding tert-OH is 1. The fourth-order valence-corrected chi connectivity index (χ4v) is 1.77. The molecule has 0 unspecified atom stereocenters. The Kier molecular flexibility index (Phi) is 3.80. The Hall–Kier alpha value is -2.28. The van der Waals surface area contributed by atoms with Crippen LogP contribution < -0.4 is 10.5 Å². The van der Waals surface area contributed by atoms with E-state index in [0.717, 1.165) is 0 Å². The molecule has 4 nitrogen and oxygen atoms in total. The van der Waals surface area contributed by atoms with E-state index in [4.69, 9.17) is 5.73 Å². The van der Waals surface area contributed by atoms with Crippen molar-refractivity contribution in [3.63, 3.8) is 0 Å². The van der Waals surface area contributed by atoms with Gasteiger partial charge in [-0.2, -0.15) is 0 Å². The summed E-state index contributed by atoms with van der Waals surface area (Å²) in [5, 5.41) is 9.27. The molecule has 3 N–H and O–H groups in total. The number of nitrogens with zero attached hydrogens (tertiary/aromatic N) is 1. The number of nitrogens with two attached hydrogens (primary N) is 1. The van der Waals surface area contributed by atoms with Crippen LogP contribution in [0, 0.1) is 0 Å². The molecule has 7 heteroatoms. The van der Waals surface area contributed by atoms with Crippen molar-refractivity contribution in [1.82, 2.24) is 4.98 Å². The summed E-state index contributed by atoms with van der Waals surface area (Å²) in [6, 6.07) is 7.03.